The van der Waals surface area contributed by atoms with Crippen LogP contribution >= 0.6 is 0 Å². The first-order valence-corrected chi connectivity index (χ1v) is 5.78. The Kier molecular flexibility index (Phi) is 2.84. The zero-order chi connectivity index (χ0) is 10.8. The minimum atomic E-state index is 0.379. The van der Waals surface area contributed by atoms with Gasteiger partial charge in [0, 0.05) is 19.1 Å². The average Bonchev–Trinajstić information content (AvgIpc) is 2.61. The molecule has 1 aliphatic rings. The Bertz CT molecular complexity index is 323. The van der Waals surface area contributed by atoms with Crippen LogP contribution in [-0.4, -0.2) is 22.6 Å². The lowest BCUT2D eigenvalue weighted by atomic mass is 10.1. The van der Waals surface area contributed by atoms with Crippen molar-refractivity contribution in [3.8, 4) is 0 Å². The van der Waals surface area contributed by atoms with Crippen LogP contribution in [0.1, 0.15) is 39.2 Å². The van der Waals surface area contributed by atoms with E-state index in [4.69, 9.17) is 5.73 Å². The van der Waals surface area contributed by atoms with Crippen molar-refractivity contribution < 1.29 is 0 Å². The van der Waals surface area contributed by atoms with E-state index in [1.54, 1.807) is 6.20 Å². The Labute approximate surface area is 91.1 Å². The molecule has 1 aromatic rings. The zero-order valence-electron chi connectivity index (χ0n) is 9.61. The first-order valence-electron chi connectivity index (χ1n) is 5.78. The highest BCUT2D eigenvalue weighted by atomic mass is 15.3. The third-order valence-electron chi connectivity index (χ3n) is 2.96. The third kappa shape index (κ3) is 1.94. The van der Waals surface area contributed by atoms with Crippen LogP contribution in [-0.2, 0) is 0 Å². The van der Waals surface area contributed by atoms with E-state index in [2.05, 4.69) is 28.3 Å². The summed E-state index contributed by atoms with van der Waals surface area (Å²) in [5.74, 6) is 1.81. The van der Waals surface area contributed by atoms with E-state index in [9.17, 15) is 0 Å². The van der Waals surface area contributed by atoms with Crippen LogP contribution < -0.4 is 10.6 Å². The summed E-state index contributed by atoms with van der Waals surface area (Å²) >= 11 is 0. The van der Waals surface area contributed by atoms with Gasteiger partial charge in [-0.25, -0.2) is 4.98 Å². The summed E-state index contributed by atoms with van der Waals surface area (Å²) in [6.45, 7) is 6.52. The van der Waals surface area contributed by atoms with Gasteiger partial charge in [-0.3, -0.25) is 4.57 Å². The van der Waals surface area contributed by atoms with E-state index in [1.165, 1.54) is 19.3 Å². The van der Waals surface area contributed by atoms with Gasteiger partial charge in [-0.05, 0) is 33.1 Å². The summed E-state index contributed by atoms with van der Waals surface area (Å²) in [7, 11) is 0. The van der Waals surface area contributed by atoms with Crippen molar-refractivity contribution in [1.29, 1.82) is 0 Å². The highest BCUT2D eigenvalue weighted by Gasteiger charge is 2.18. The van der Waals surface area contributed by atoms with Crippen molar-refractivity contribution in [2.24, 2.45) is 0 Å². The van der Waals surface area contributed by atoms with Gasteiger partial charge >= 0.3 is 0 Å². The number of hydrogen-bond acceptors (Lipinski definition) is 3. The molecule has 0 amide bonds. The first-order chi connectivity index (χ1) is 7.20. The Morgan fingerprint density at radius 1 is 1.27 bits per heavy atom. The Hall–Kier alpha value is -1.19. The molecular formula is C11H20N4. The fourth-order valence-corrected chi connectivity index (χ4v) is 2.22. The second kappa shape index (κ2) is 4.13. The van der Waals surface area contributed by atoms with Crippen molar-refractivity contribution in [2.45, 2.75) is 39.2 Å². The summed E-state index contributed by atoms with van der Waals surface area (Å²) in [6, 6.07) is 0.379. The van der Waals surface area contributed by atoms with E-state index in [0.29, 0.717) is 6.04 Å². The van der Waals surface area contributed by atoms with Crippen molar-refractivity contribution >= 4 is 11.8 Å². The number of aromatic nitrogens is 2. The number of nitrogen functional groups attached to an aromatic ring is 1. The Morgan fingerprint density at radius 3 is 2.53 bits per heavy atom. The van der Waals surface area contributed by atoms with E-state index >= 15 is 0 Å². The third-order valence-corrected chi connectivity index (χ3v) is 2.96. The van der Waals surface area contributed by atoms with Crippen molar-refractivity contribution in [3.63, 3.8) is 0 Å². The van der Waals surface area contributed by atoms with Gasteiger partial charge < -0.3 is 10.6 Å². The smallest absolute Gasteiger partial charge is 0.207 e. The van der Waals surface area contributed by atoms with E-state index in [-0.39, 0.29) is 0 Å². The van der Waals surface area contributed by atoms with Crippen LogP contribution in [0.3, 0.4) is 0 Å². The summed E-state index contributed by atoms with van der Waals surface area (Å²) in [4.78, 5) is 6.77. The Balaban J connectivity index is 2.26. The monoisotopic (exact) mass is 208 g/mol. The van der Waals surface area contributed by atoms with Gasteiger partial charge in [0.25, 0.3) is 0 Å². The minimum Gasteiger partial charge on any atom is -0.384 e. The number of anilines is 2. The van der Waals surface area contributed by atoms with Gasteiger partial charge in [-0.15, -0.1) is 0 Å². The number of nitrogens with two attached hydrogens (primary N) is 1. The fraction of sp³-hybridized carbons (Fsp3) is 0.727. The average molecular weight is 208 g/mol. The molecule has 0 aliphatic carbocycles. The minimum absolute atomic E-state index is 0.379. The van der Waals surface area contributed by atoms with Gasteiger partial charge in [0.05, 0.1) is 6.20 Å². The predicted octanol–water partition coefficient (Wildman–Crippen LogP) is 2.04. The molecule has 4 heteroatoms. The first kappa shape index (κ1) is 10.3. The molecule has 15 heavy (non-hydrogen) atoms. The maximum absolute atomic E-state index is 5.92. The zero-order valence-corrected chi connectivity index (χ0v) is 9.61. The molecule has 1 saturated heterocycles. The lowest BCUT2D eigenvalue weighted by molar-refractivity contribution is 0.536. The van der Waals surface area contributed by atoms with Gasteiger partial charge in [0.15, 0.2) is 0 Å². The van der Waals surface area contributed by atoms with Crippen molar-refractivity contribution in [3.05, 3.63) is 6.20 Å². The molecule has 0 aromatic carbocycles. The number of piperidine rings is 1. The number of nitrogens with zero attached hydrogens (tertiary/aromatic N) is 3. The Morgan fingerprint density at radius 2 is 1.93 bits per heavy atom. The molecule has 0 saturated carbocycles. The molecule has 1 fully saturated rings. The summed E-state index contributed by atoms with van der Waals surface area (Å²) < 4.78 is 2.12. The maximum atomic E-state index is 5.92. The highest BCUT2D eigenvalue weighted by Crippen LogP contribution is 2.25. The predicted molar refractivity (Wildman–Crippen MR) is 63.1 cm³/mol. The van der Waals surface area contributed by atoms with E-state index in [0.717, 1.165) is 24.9 Å². The standard InChI is InChI=1S/C11H20N4/c1-9(2)15-10(12)8-13-11(15)14-6-4-3-5-7-14/h8-9H,3-7,12H2,1-2H3. The van der Waals surface area contributed by atoms with Gasteiger partial charge in [-0.2, -0.15) is 0 Å². The molecule has 1 aliphatic heterocycles. The fourth-order valence-electron chi connectivity index (χ4n) is 2.22. The molecule has 2 N–H and O–H groups in total. The molecule has 84 valence electrons. The quantitative estimate of drug-likeness (QED) is 0.809. The maximum Gasteiger partial charge on any atom is 0.207 e. The molecule has 0 atom stereocenters. The van der Waals surface area contributed by atoms with Crippen molar-refractivity contribution in [1.82, 2.24) is 9.55 Å². The molecular weight excluding hydrogens is 188 g/mol. The van der Waals surface area contributed by atoms with Crippen molar-refractivity contribution in [2.75, 3.05) is 23.7 Å². The second-order valence-electron chi connectivity index (χ2n) is 4.49. The molecule has 2 heterocycles. The van der Waals surface area contributed by atoms with Crippen LogP contribution in [0.5, 0.6) is 0 Å². The lowest BCUT2D eigenvalue weighted by Gasteiger charge is -2.29. The van der Waals surface area contributed by atoms with Gasteiger partial charge in [-0.1, -0.05) is 0 Å². The molecule has 0 spiro atoms. The SMILES string of the molecule is CC(C)n1c(N)cnc1N1CCCCC1. The van der Waals surface area contributed by atoms with Gasteiger partial charge in [0.1, 0.15) is 5.82 Å². The number of imidazole rings is 1. The topological polar surface area (TPSA) is 47.1 Å². The van der Waals surface area contributed by atoms with Crippen LogP contribution in [0.15, 0.2) is 6.20 Å². The summed E-state index contributed by atoms with van der Waals surface area (Å²) in [6.07, 6.45) is 5.65. The molecule has 0 unspecified atom stereocenters. The number of rotatable bonds is 2. The van der Waals surface area contributed by atoms with Gasteiger partial charge in [0.2, 0.25) is 5.95 Å². The molecule has 2 rings (SSSR count). The van der Waals surface area contributed by atoms with E-state index < -0.39 is 0 Å². The molecule has 1 aromatic heterocycles. The molecule has 4 nitrogen and oxygen atoms in total. The van der Waals surface area contributed by atoms with Crippen LogP contribution in [0.25, 0.3) is 0 Å². The summed E-state index contributed by atoms with van der Waals surface area (Å²) in [5.41, 5.74) is 5.92. The molecule has 0 bridgehead atoms. The summed E-state index contributed by atoms with van der Waals surface area (Å²) in [5, 5.41) is 0. The largest absolute Gasteiger partial charge is 0.384 e. The molecule has 0 radical (unpaired) electrons. The lowest BCUT2D eigenvalue weighted by Crippen LogP contribution is -2.32. The van der Waals surface area contributed by atoms with E-state index in [1.807, 2.05) is 0 Å². The highest BCUT2D eigenvalue weighted by molar-refractivity contribution is 5.43. The van der Waals surface area contributed by atoms with Crippen LogP contribution in [0.4, 0.5) is 11.8 Å². The van der Waals surface area contributed by atoms with Crippen LogP contribution in [0.2, 0.25) is 0 Å². The number of hydrogen-bond donors (Lipinski definition) is 1. The van der Waals surface area contributed by atoms with Crippen LogP contribution in [0, 0.1) is 0 Å². The normalized spacial score (nSPS) is 17.4. The second-order valence-corrected chi connectivity index (χ2v) is 4.49.